The molecule has 28 heavy (non-hydrogen) atoms. The number of nitrogens with zero attached hydrogens (tertiary/aromatic N) is 2. The molecule has 0 unspecified atom stereocenters. The van der Waals surface area contributed by atoms with Crippen molar-refractivity contribution in [3.05, 3.63) is 64.1 Å². The lowest BCUT2D eigenvalue weighted by Crippen LogP contribution is -1.96. The van der Waals surface area contributed by atoms with Gasteiger partial charge < -0.3 is 14.8 Å². The minimum absolute atomic E-state index is 0.450. The summed E-state index contributed by atoms with van der Waals surface area (Å²) >= 11 is 1.44. The van der Waals surface area contributed by atoms with Gasteiger partial charge >= 0.3 is 0 Å². The predicted octanol–water partition coefficient (Wildman–Crippen LogP) is 5.42. The molecule has 3 aromatic rings. The molecule has 0 spiro atoms. The van der Waals surface area contributed by atoms with Crippen LogP contribution in [0.15, 0.2) is 48.0 Å². The first-order valence-electron chi connectivity index (χ1n) is 8.68. The number of hydrogen-bond donors (Lipinski definition) is 1. The molecule has 1 N–H and O–H groups in total. The molecule has 0 atom stereocenters. The zero-order valence-electron chi connectivity index (χ0n) is 16.2. The van der Waals surface area contributed by atoms with Crippen molar-refractivity contribution in [2.24, 2.45) is 0 Å². The molecule has 0 aliphatic heterocycles. The molecule has 0 aliphatic rings. The van der Waals surface area contributed by atoms with Gasteiger partial charge in [0.1, 0.15) is 28.1 Å². The van der Waals surface area contributed by atoms with Gasteiger partial charge in [-0.25, -0.2) is 4.98 Å². The van der Waals surface area contributed by atoms with Gasteiger partial charge in [0.25, 0.3) is 0 Å². The maximum atomic E-state index is 9.61. The van der Waals surface area contributed by atoms with E-state index >= 15 is 0 Å². The fourth-order valence-corrected chi connectivity index (χ4v) is 3.63. The lowest BCUT2D eigenvalue weighted by Gasteiger charge is -2.10. The molecule has 0 bridgehead atoms. The van der Waals surface area contributed by atoms with Gasteiger partial charge in [0.2, 0.25) is 0 Å². The minimum atomic E-state index is 0.450. The molecule has 0 radical (unpaired) electrons. The molecular weight excluding hydrogens is 370 g/mol. The lowest BCUT2D eigenvalue weighted by molar-refractivity contribution is 0.405. The lowest BCUT2D eigenvalue weighted by atomic mass is 10.0. The quantitative estimate of drug-likeness (QED) is 0.568. The van der Waals surface area contributed by atoms with Gasteiger partial charge in [-0.3, -0.25) is 0 Å². The molecule has 0 fully saturated rings. The number of ether oxygens (including phenoxy) is 2. The topological polar surface area (TPSA) is 67.2 Å². The molecule has 1 heterocycles. The number of aromatic nitrogens is 1. The minimum Gasteiger partial charge on any atom is -0.497 e. The predicted molar refractivity (Wildman–Crippen MR) is 114 cm³/mol. The smallest absolute Gasteiger partial charge is 0.142 e. The average Bonchev–Trinajstić information content (AvgIpc) is 3.18. The summed E-state index contributed by atoms with van der Waals surface area (Å²) in [5, 5.41) is 15.4. The Labute approximate surface area is 168 Å². The highest BCUT2D eigenvalue weighted by Crippen LogP contribution is 2.31. The number of methoxy groups -OCH3 is 2. The second-order valence-electron chi connectivity index (χ2n) is 6.24. The van der Waals surface area contributed by atoms with E-state index in [1.54, 1.807) is 20.4 Å². The van der Waals surface area contributed by atoms with Gasteiger partial charge in [-0.2, -0.15) is 5.26 Å². The third-order valence-electron chi connectivity index (χ3n) is 4.29. The molecule has 1 aromatic heterocycles. The van der Waals surface area contributed by atoms with Crippen LogP contribution >= 0.6 is 11.3 Å². The van der Waals surface area contributed by atoms with E-state index in [4.69, 9.17) is 9.47 Å². The van der Waals surface area contributed by atoms with E-state index in [0.717, 1.165) is 11.3 Å². The Kier molecular flexibility index (Phi) is 5.97. The number of benzene rings is 2. The van der Waals surface area contributed by atoms with Crippen LogP contribution in [0.25, 0.3) is 16.8 Å². The van der Waals surface area contributed by atoms with E-state index in [1.807, 2.05) is 23.6 Å². The van der Waals surface area contributed by atoms with Gasteiger partial charge in [0, 0.05) is 23.2 Å². The molecule has 6 heteroatoms. The summed E-state index contributed by atoms with van der Waals surface area (Å²) in [6.45, 7) is 4.14. The Morgan fingerprint density at radius 1 is 1.14 bits per heavy atom. The van der Waals surface area contributed by atoms with E-state index in [9.17, 15) is 5.26 Å². The third kappa shape index (κ3) is 4.16. The molecule has 142 valence electrons. The van der Waals surface area contributed by atoms with E-state index in [0.29, 0.717) is 27.8 Å². The maximum absolute atomic E-state index is 9.61. The number of hydrogen-bond acceptors (Lipinski definition) is 6. The van der Waals surface area contributed by atoms with Crippen molar-refractivity contribution in [3.8, 4) is 28.8 Å². The van der Waals surface area contributed by atoms with Gasteiger partial charge in [0.15, 0.2) is 0 Å². The van der Waals surface area contributed by atoms with Gasteiger partial charge in [-0.05, 0) is 31.5 Å². The number of thiazole rings is 1. The molecular formula is C22H21N3O2S. The van der Waals surface area contributed by atoms with Crippen LogP contribution in [-0.2, 0) is 0 Å². The van der Waals surface area contributed by atoms with E-state index < -0.39 is 0 Å². The van der Waals surface area contributed by atoms with Crippen LogP contribution in [0.3, 0.4) is 0 Å². The van der Waals surface area contributed by atoms with Crippen molar-refractivity contribution >= 4 is 22.6 Å². The maximum Gasteiger partial charge on any atom is 0.142 e. The van der Waals surface area contributed by atoms with Crippen LogP contribution in [0.1, 0.15) is 16.1 Å². The van der Waals surface area contributed by atoms with Crippen LogP contribution in [0.5, 0.6) is 11.5 Å². The highest BCUT2D eigenvalue weighted by atomic mass is 32.1. The van der Waals surface area contributed by atoms with E-state index in [2.05, 4.69) is 48.4 Å². The standard InChI is InChI=1S/C22H21N3O2S/c1-14-5-7-18(15(2)9-14)20-13-28-22(25-20)16(11-23)12-24-19-10-17(26-3)6-8-21(19)27-4/h5-10,12-13,24H,1-4H3. The number of aryl methyl sites for hydroxylation is 2. The number of nitrogens with one attached hydrogen (secondary N) is 1. The zero-order valence-corrected chi connectivity index (χ0v) is 17.1. The Hall–Kier alpha value is -3.30. The Morgan fingerprint density at radius 2 is 1.96 bits per heavy atom. The van der Waals surface area contributed by atoms with Crippen LogP contribution in [0, 0.1) is 25.2 Å². The molecule has 5 nitrogen and oxygen atoms in total. The van der Waals surface area contributed by atoms with Crippen LogP contribution < -0.4 is 14.8 Å². The fraction of sp³-hybridized carbons (Fsp3) is 0.182. The van der Waals surface area contributed by atoms with Crippen LogP contribution in [0.2, 0.25) is 0 Å². The van der Waals surface area contributed by atoms with Crippen LogP contribution in [0.4, 0.5) is 5.69 Å². The summed E-state index contributed by atoms with van der Waals surface area (Å²) in [4.78, 5) is 4.66. The first-order valence-corrected chi connectivity index (χ1v) is 9.56. The Bertz CT molecular complexity index is 1060. The molecule has 0 aliphatic carbocycles. The molecule has 0 amide bonds. The fourth-order valence-electron chi connectivity index (χ4n) is 2.84. The van der Waals surface area contributed by atoms with Crippen LogP contribution in [-0.4, -0.2) is 19.2 Å². The summed E-state index contributed by atoms with van der Waals surface area (Å²) < 4.78 is 10.6. The Morgan fingerprint density at radius 3 is 2.64 bits per heavy atom. The average molecular weight is 391 g/mol. The number of nitriles is 1. The highest BCUT2D eigenvalue weighted by Gasteiger charge is 2.11. The normalized spacial score (nSPS) is 11.0. The molecule has 2 aromatic carbocycles. The van der Waals surface area contributed by atoms with Crippen molar-refractivity contribution < 1.29 is 9.47 Å². The highest BCUT2D eigenvalue weighted by molar-refractivity contribution is 7.11. The molecule has 0 saturated heterocycles. The first-order chi connectivity index (χ1) is 13.5. The Balaban J connectivity index is 1.89. The summed E-state index contributed by atoms with van der Waals surface area (Å²) in [6, 6.07) is 13.9. The summed E-state index contributed by atoms with van der Waals surface area (Å²) in [5.41, 5.74) is 5.49. The third-order valence-corrected chi connectivity index (χ3v) is 5.17. The van der Waals surface area contributed by atoms with E-state index in [-0.39, 0.29) is 0 Å². The molecule has 3 rings (SSSR count). The second-order valence-corrected chi connectivity index (χ2v) is 7.09. The van der Waals surface area contributed by atoms with Crippen molar-refractivity contribution in [3.63, 3.8) is 0 Å². The zero-order chi connectivity index (χ0) is 20.1. The molecule has 0 saturated carbocycles. The SMILES string of the molecule is COc1ccc(OC)c(NC=C(C#N)c2nc(-c3ccc(C)cc3C)cs2)c1. The van der Waals surface area contributed by atoms with Gasteiger partial charge in [-0.1, -0.05) is 23.8 Å². The number of rotatable bonds is 6. The van der Waals surface area contributed by atoms with E-state index in [1.165, 1.54) is 22.5 Å². The summed E-state index contributed by atoms with van der Waals surface area (Å²) in [7, 11) is 3.20. The van der Waals surface area contributed by atoms with Gasteiger partial charge in [0.05, 0.1) is 25.6 Å². The van der Waals surface area contributed by atoms with Gasteiger partial charge in [-0.15, -0.1) is 11.3 Å². The second kappa shape index (κ2) is 8.59. The summed E-state index contributed by atoms with van der Waals surface area (Å²) in [6.07, 6.45) is 1.64. The van der Waals surface area contributed by atoms with Crippen molar-refractivity contribution in [2.45, 2.75) is 13.8 Å². The number of allylic oxidation sites excluding steroid dienone is 1. The van der Waals surface area contributed by atoms with Crippen molar-refractivity contribution in [2.75, 3.05) is 19.5 Å². The first kappa shape index (κ1) is 19.5. The summed E-state index contributed by atoms with van der Waals surface area (Å²) in [5.74, 6) is 1.35. The van der Waals surface area contributed by atoms with Crippen molar-refractivity contribution in [1.82, 2.24) is 4.98 Å². The monoisotopic (exact) mass is 391 g/mol. The van der Waals surface area contributed by atoms with Crippen molar-refractivity contribution in [1.29, 1.82) is 5.26 Å². The largest absolute Gasteiger partial charge is 0.497 e. The number of anilines is 1.